The van der Waals surface area contributed by atoms with Gasteiger partial charge in [0.25, 0.3) is 0 Å². The van der Waals surface area contributed by atoms with E-state index in [1.54, 1.807) is 30.3 Å². The van der Waals surface area contributed by atoms with Crippen LogP contribution in [0.15, 0.2) is 54.6 Å². The van der Waals surface area contributed by atoms with Crippen molar-refractivity contribution in [3.8, 4) is 34.5 Å². The molecule has 3 aromatic rings. The molecule has 2 unspecified atom stereocenters. The van der Waals surface area contributed by atoms with Crippen LogP contribution in [0, 0.1) is 0 Å². The summed E-state index contributed by atoms with van der Waals surface area (Å²) in [4.78, 5) is 12.8. The zero-order valence-electron chi connectivity index (χ0n) is 17.1. The number of phenols is 3. The molecule has 3 aromatic carbocycles. The van der Waals surface area contributed by atoms with E-state index in [1.165, 1.54) is 18.2 Å². The number of fused-ring (bicyclic) bond motifs is 2. The van der Waals surface area contributed by atoms with E-state index < -0.39 is 42.6 Å². The molecule has 4 atom stereocenters. The Bertz CT molecular complexity index is 1220. The quantitative estimate of drug-likeness (QED) is 0.404. The van der Waals surface area contributed by atoms with Crippen LogP contribution >= 0.6 is 0 Å². The van der Waals surface area contributed by atoms with Gasteiger partial charge in [0.15, 0.2) is 35.9 Å². The van der Waals surface area contributed by atoms with Crippen LogP contribution in [0.4, 0.5) is 0 Å². The van der Waals surface area contributed by atoms with Crippen molar-refractivity contribution >= 4 is 5.78 Å². The number of para-hydroxylation sites is 1. The number of Topliss-reactive ketones (excluding diaryl/α,β-unsaturated/α-hetero) is 1. The first-order valence-corrected chi connectivity index (χ1v) is 10.2. The van der Waals surface area contributed by atoms with Gasteiger partial charge in [-0.1, -0.05) is 24.3 Å². The molecule has 9 heteroatoms. The Balaban J connectivity index is 1.54. The van der Waals surface area contributed by atoms with E-state index in [2.05, 4.69) is 0 Å². The smallest absolute Gasteiger partial charge is 0.202 e. The van der Waals surface area contributed by atoms with Crippen LogP contribution in [0.3, 0.4) is 0 Å². The lowest BCUT2D eigenvalue weighted by molar-refractivity contribution is -0.0183. The lowest BCUT2D eigenvalue weighted by Gasteiger charge is -2.37. The number of carbonyl (C=O) groups excluding carboxylic acids is 1. The monoisotopic (exact) mass is 452 g/mol. The molecular formula is C24H20O9. The van der Waals surface area contributed by atoms with Crippen molar-refractivity contribution in [2.24, 2.45) is 0 Å². The number of carbonyl (C=O) groups is 1. The molecule has 170 valence electrons. The second-order valence-corrected chi connectivity index (χ2v) is 7.83. The van der Waals surface area contributed by atoms with Crippen molar-refractivity contribution in [2.45, 2.75) is 24.4 Å². The second-order valence-electron chi connectivity index (χ2n) is 7.83. The molecule has 33 heavy (non-hydrogen) atoms. The minimum Gasteiger partial charge on any atom is -0.508 e. The topological polar surface area (TPSA) is 146 Å². The van der Waals surface area contributed by atoms with Gasteiger partial charge in [-0.2, -0.15) is 0 Å². The van der Waals surface area contributed by atoms with Gasteiger partial charge in [0.05, 0.1) is 6.61 Å². The zero-order valence-corrected chi connectivity index (χ0v) is 17.1. The van der Waals surface area contributed by atoms with Crippen LogP contribution in [-0.2, 0) is 0 Å². The molecule has 0 saturated heterocycles. The summed E-state index contributed by atoms with van der Waals surface area (Å²) in [5.74, 6) is -1.07. The van der Waals surface area contributed by atoms with E-state index in [1.807, 2.05) is 0 Å². The Morgan fingerprint density at radius 2 is 1.55 bits per heavy atom. The molecular weight excluding hydrogens is 432 g/mol. The average Bonchev–Trinajstić information content (AvgIpc) is 2.80. The molecule has 0 aliphatic carbocycles. The van der Waals surface area contributed by atoms with E-state index >= 15 is 0 Å². The number of hydrogen-bond donors (Lipinski definition) is 5. The highest BCUT2D eigenvalue weighted by Crippen LogP contribution is 2.48. The number of aliphatic hydroxyl groups excluding tert-OH is 2. The third-order valence-corrected chi connectivity index (χ3v) is 5.70. The molecule has 0 aromatic heterocycles. The minimum absolute atomic E-state index is 0.0807. The number of ketones is 1. The third-order valence-electron chi connectivity index (χ3n) is 5.70. The number of phenolic OH excluding ortho intramolecular Hbond substituents is 3. The Morgan fingerprint density at radius 3 is 2.27 bits per heavy atom. The first-order chi connectivity index (χ1) is 15.9. The first-order valence-electron chi connectivity index (χ1n) is 10.2. The first kappa shape index (κ1) is 20.9. The van der Waals surface area contributed by atoms with Crippen molar-refractivity contribution in [1.29, 1.82) is 0 Å². The number of ether oxygens (including phenoxy) is 3. The van der Waals surface area contributed by atoms with Crippen molar-refractivity contribution in [3.05, 3.63) is 71.3 Å². The summed E-state index contributed by atoms with van der Waals surface area (Å²) < 4.78 is 17.9. The molecule has 2 aliphatic rings. The van der Waals surface area contributed by atoms with Gasteiger partial charge in [-0.05, 0) is 23.8 Å². The molecule has 0 amide bonds. The highest BCUT2D eigenvalue weighted by Gasteiger charge is 2.43. The van der Waals surface area contributed by atoms with Crippen LogP contribution in [-0.4, -0.2) is 50.1 Å². The van der Waals surface area contributed by atoms with Gasteiger partial charge < -0.3 is 39.7 Å². The van der Waals surface area contributed by atoms with Gasteiger partial charge in [-0.15, -0.1) is 0 Å². The number of rotatable bonds is 3. The third kappa shape index (κ3) is 3.47. The fourth-order valence-electron chi connectivity index (χ4n) is 4.13. The summed E-state index contributed by atoms with van der Waals surface area (Å²) in [5.41, 5.74) is 0.746. The summed E-state index contributed by atoms with van der Waals surface area (Å²) in [5, 5.41) is 50.0. The van der Waals surface area contributed by atoms with Crippen molar-refractivity contribution < 1.29 is 44.5 Å². The molecule has 0 fully saturated rings. The van der Waals surface area contributed by atoms with Gasteiger partial charge in [-0.25, -0.2) is 0 Å². The molecule has 2 aliphatic heterocycles. The Morgan fingerprint density at radius 1 is 0.818 bits per heavy atom. The maximum Gasteiger partial charge on any atom is 0.202 e. The molecule has 9 nitrogen and oxygen atoms in total. The Labute approximate surface area is 187 Å². The summed E-state index contributed by atoms with van der Waals surface area (Å²) in [6.45, 7) is -0.392. The Kier molecular flexibility index (Phi) is 4.99. The van der Waals surface area contributed by atoms with Gasteiger partial charge in [0.1, 0.15) is 28.6 Å². The van der Waals surface area contributed by atoms with Gasteiger partial charge in [0, 0.05) is 17.7 Å². The van der Waals surface area contributed by atoms with E-state index in [0.717, 1.165) is 6.07 Å². The fraction of sp³-hybridized carbons (Fsp3) is 0.208. The lowest BCUT2D eigenvalue weighted by atomic mass is 9.91. The second kappa shape index (κ2) is 7.88. The molecule has 5 N–H and O–H groups in total. The molecule has 2 heterocycles. The van der Waals surface area contributed by atoms with E-state index in [0.29, 0.717) is 16.9 Å². The highest BCUT2D eigenvalue weighted by molar-refractivity contribution is 6.05. The highest BCUT2D eigenvalue weighted by atomic mass is 16.6. The summed E-state index contributed by atoms with van der Waals surface area (Å²) >= 11 is 0. The molecule has 0 bridgehead atoms. The maximum absolute atomic E-state index is 12.8. The number of aromatic hydroxyl groups is 3. The molecule has 0 radical (unpaired) electrons. The maximum atomic E-state index is 12.8. The summed E-state index contributed by atoms with van der Waals surface area (Å²) in [6.07, 6.45) is -4.37. The van der Waals surface area contributed by atoms with Crippen molar-refractivity contribution in [2.75, 3.05) is 6.61 Å². The van der Waals surface area contributed by atoms with Crippen molar-refractivity contribution in [3.63, 3.8) is 0 Å². The van der Waals surface area contributed by atoms with Crippen LogP contribution in [0.5, 0.6) is 34.5 Å². The largest absolute Gasteiger partial charge is 0.508 e. The fourth-order valence-corrected chi connectivity index (χ4v) is 4.13. The predicted molar refractivity (Wildman–Crippen MR) is 113 cm³/mol. The van der Waals surface area contributed by atoms with Crippen LogP contribution in [0.2, 0.25) is 0 Å². The lowest BCUT2D eigenvalue weighted by Crippen LogP contribution is -2.39. The predicted octanol–water partition coefficient (Wildman–Crippen LogP) is 2.35. The molecule has 0 saturated carbocycles. The normalized spacial score (nSPS) is 23.5. The minimum atomic E-state index is -1.66. The number of aliphatic hydroxyl groups is 2. The summed E-state index contributed by atoms with van der Waals surface area (Å²) in [6, 6.07) is 13.3. The SMILES string of the molecule is O=C1c2c(O)cc(O)cc2O[C@H](c2cccc3c2OC(CO)C(c2ccc(O)cc2)O3)[C@H]1O. The molecule has 0 spiro atoms. The van der Waals surface area contributed by atoms with Crippen molar-refractivity contribution in [1.82, 2.24) is 0 Å². The number of hydrogen-bond acceptors (Lipinski definition) is 9. The van der Waals surface area contributed by atoms with E-state index in [4.69, 9.17) is 14.2 Å². The zero-order chi connectivity index (χ0) is 23.3. The van der Waals surface area contributed by atoms with Gasteiger partial charge in [0.2, 0.25) is 5.78 Å². The van der Waals surface area contributed by atoms with Crippen LogP contribution in [0.1, 0.15) is 33.7 Å². The average molecular weight is 452 g/mol. The standard InChI is InChI=1S/C24H20O9/c25-10-18-22(11-4-6-12(26)7-5-11)31-16-3-1-2-14(23(16)33-18)24-21(30)20(29)19-15(28)8-13(27)9-17(19)32-24/h1-9,18,21-22,24-28,30H,10H2/t18?,21-,22?,24+/m0/s1. The molecule has 5 rings (SSSR count). The van der Waals surface area contributed by atoms with Gasteiger partial charge >= 0.3 is 0 Å². The summed E-state index contributed by atoms with van der Waals surface area (Å²) in [7, 11) is 0. The van der Waals surface area contributed by atoms with E-state index in [-0.39, 0.29) is 28.6 Å². The van der Waals surface area contributed by atoms with E-state index in [9.17, 15) is 30.3 Å². The number of benzene rings is 3. The van der Waals surface area contributed by atoms with Crippen LogP contribution in [0.25, 0.3) is 0 Å². The van der Waals surface area contributed by atoms with Crippen LogP contribution < -0.4 is 14.2 Å². The Hall–Kier alpha value is -3.95. The van der Waals surface area contributed by atoms with Gasteiger partial charge in [-0.3, -0.25) is 4.79 Å².